The summed E-state index contributed by atoms with van der Waals surface area (Å²) < 4.78 is 50.8. The summed E-state index contributed by atoms with van der Waals surface area (Å²) in [4.78, 5) is 8.99. The molecule has 0 amide bonds. The Hall–Kier alpha value is -4.08. The molecule has 1 atom stereocenters. The maximum atomic E-state index is 12.5. The number of fused-ring (bicyclic) bond motifs is 1. The minimum Gasteiger partial charge on any atom is -0.495 e. The van der Waals surface area contributed by atoms with Crippen LogP contribution in [0.4, 0.5) is 13.2 Å². The zero-order chi connectivity index (χ0) is 25.3. The van der Waals surface area contributed by atoms with E-state index in [9.17, 15) is 13.2 Å². The first-order valence-electron chi connectivity index (χ1n) is 11.5. The molecule has 2 aromatic carbocycles. The van der Waals surface area contributed by atoms with E-state index in [1.54, 1.807) is 25.6 Å². The molecular formula is C26H24F3N5O2. The third-order valence-electron chi connectivity index (χ3n) is 6.03. The van der Waals surface area contributed by atoms with Crippen LogP contribution in [0.3, 0.4) is 0 Å². The molecule has 0 unspecified atom stereocenters. The molecule has 10 heteroatoms. The highest BCUT2D eigenvalue weighted by Crippen LogP contribution is 2.34. The standard InChI is InChI=1S/C26H24F3N5O2/c1-17-15-33(16-30-17)22-11-5-18(14-23(22)35-2)6-12-24-31-25-21(4-3-13-34(25)32-24)19-7-9-20(10-8-19)36-26(27,28)29/h5-12,14-16,21H,3-4,13H2,1-2H3/t21-/m0/s1. The van der Waals surface area contributed by atoms with Gasteiger partial charge in [-0.15, -0.1) is 13.2 Å². The van der Waals surface area contributed by atoms with E-state index in [0.29, 0.717) is 11.6 Å². The molecule has 2 aromatic heterocycles. The molecule has 1 aliphatic rings. The molecule has 0 bridgehead atoms. The smallest absolute Gasteiger partial charge is 0.495 e. The van der Waals surface area contributed by atoms with Crippen LogP contribution in [0, 0.1) is 6.92 Å². The van der Waals surface area contributed by atoms with Crippen LogP contribution in [0.1, 0.15) is 47.2 Å². The SMILES string of the molecule is COc1cc(C=Cc2nc3n(n2)CCC[C@H]3c2ccc(OC(F)(F)F)cc2)ccc1-n1cnc(C)c1. The summed E-state index contributed by atoms with van der Waals surface area (Å²) in [5, 5.41) is 4.62. The molecule has 3 heterocycles. The van der Waals surface area contributed by atoms with Crippen LogP contribution in [0.5, 0.6) is 11.5 Å². The second kappa shape index (κ2) is 9.52. The lowest BCUT2D eigenvalue weighted by Gasteiger charge is -2.22. The largest absolute Gasteiger partial charge is 0.573 e. The lowest BCUT2D eigenvalue weighted by molar-refractivity contribution is -0.274. The van der Waals surface area contributed by atoms with Crippen LogP contribution in [-0.4, -0.2) is 37.8 Å². The van der Waals surface area contributed by atoms with Gasteiger partial charge in [-0.3, -0.25) is 0 Å². The van der Waals surface area contributed by atoms with Gasteiger partial charge in [-0.2, -0.15) is 5.10 Å². The number of hydrogen-bond acceptors (Lipinski definition) is 5. The predicted octanol–water partition coefficient (Wildman–Crippen LogP) is 5.78. The van der Waals surface area contributed by atoms with Crippen LogP contribution in [-0.2, 0) is 6.54 Å². The van der Waals surface area contributed by atoms with Crippen molar-refractivity contribution >= 4 is 12.2 Å². The summed E-state index contributed by atoms with van der Waals surface area (Å²) in [5.74, 6) is 1.80. The second-order valence-corrected chi connectivity index (χ2v) is 8.55. The molecule has 5 rings (SSSR count). The van der Waals surface area contributed by atoms with Gasteiger partial charge in [0.05, 0.1) is 24.8 Å². The summed E-state index contributed by atoms with van der Waals surface area (Å²) in [6.45, 7) is 2.67. The van der Waals surface area contributed by atoms with Crippen molar-refractivity contribution in [3.05, 3.63) is 83.5 Å². The summed E-state index contributed by atoms with van der Waals surface area (Å²) >= 11 is 0. The van der Waals surface area contributed by atoms with Crippen LogP contribution >= 0.6 is 0 Å². The first-order valence-corrected chi connectivity index (χ1v) is 11.5. The number of methoxy groups -OCH3 is 1. The third-order valence-corrected chi connectivity index (χ3v) is 6.03. The lowest BCUT2D eigenvalue weighted by Crippen LogP contribution is -2.18. The highest BCUT2D eigenvalue weighted by Gasteiger charge is 2.31. The zero-order valence-electron chi connectivity index (χ0n) is 19.7. The number of aromatic nitrogens is 5. The van der Waals surface area contributed by atoms with E-state index in [2.05, 4.69) is 14.8 Å². The van der Waals surface area contributed by atoms with E-state index < -0.39 is 6.36 Å². The molecular weight excluding hydrogens is 471 g/mol. The number of hydrogen-bond donors (Lipinski definition) is 0. The zero-order valence-corrected chi connectivity index (χ0v) is 19.7. The van der Waals surface area contributed by atoms with Crippen LogP contribution < -0.4 is 9.47 Å². The van der Waals surface area contributed by atoms with E-state index in [1.807, 2.05) is 52.7 Å². The van der Waals surface area contributed by atoms with Gasteiger partial charge in [-0.25, -0.2) is 14.6 Å². The number of alkyl halides is 3. The van der Waals surface area contributed by atoms with Crippen LogP contribution in [0.2, 0.25) is 0 Å². The third kappa shape index (κ3) is 5.12. The van der Waals surface area contributed by atoms with Gasteiger partial charge < -0.3 is 14.0 Å². The maximum Gasteiger partial charge on any atom is 0.573 e. The number of ether oxygens (including phenoxy) is 2. The second-order valence-electron chi connectivity index (χ2n) is 8.55. The first kappa shape index (κ1) is 23.7. The summed E-state index contributed by atoms with van der Waals surface area (Å²) in [6, 6.07) is 11.9. The van der Waals surface area contributed by atoms with Gasteiger partial charge in [-0.1, -0.05) is 24.3 Å². The number of rotatable bonds is 6. The fraction of sp³-hybridized carbons (Fsp3) is 0.269. The molecule has 186 valence electrons. The van der Waals surface area contributed by atoms with Gasteiger partial charge in [0.1, 0.15) is 17.3 Å². The van der Waals surface area contributed by atoms with E-state index in [1.165, 1.54) is 12.1 Å². The minimum absolute atomic E-state index is 0.0497. The maximum absolute atomic E-state index is 12.5. The molecule has 0 N–H and O–H groups in total. The Bertz CT molecular complexity index is 1390. The molecule has 0 radical (unpaired) electrons. The van der Waals surface area contributed by atoms with Gasteiger partial charge in [0, 0.05) is 18.7 Å². The van der Waals surface area contributed by atoms with Crippen molar-refractivity contribution in [3.63, 3.8) is 0 Å². The molecule has 1 aliphatic heterocycles. The van der Waals surface area contributed by atoms with Crippen LogP contribution in [0.15, 0.2) is 55.0 Å². The molecule has 0 saturated heterocycles. The van der Waals surface area contributed by atoms with E-state index >= 15 is 0 Å². The molecule has 36 heavy (non-hydrogen) atoms. The van der Waals surface area contributed by atoms with Gasteiger partial charge in [0.25, 0.3) is 0 Å². The van der Waals surface area contributed by atoms with E-state index in [-0.39, 0.29) is 11.7 Å². The number of nitrogens with zero attached hydrogens (tertiary/aromatic N) is 5. The predicted molar refractivity (Wildman–Crippen MR) is 128 cm³/mol. The quantitative estimate of drug-likeness (QED) is 0.340. The first-order chi connectivity index (χ1) is 17.3. The molecule has 0 spiro atoms. The highest BCUT2D eigenvalue weighted by molar-refractivity contribution is 5.69. The van der Waals surface area contributed by atoms with Gasteiger partial charge in [0.15, 0.2) is 5.82 Å². The van der Waals surface area contributed by atoms with Crippen molar-refractivity contribution in [2.24, 2.45) is 0 Å². The average Bonchev–Trinajstić information content (AvgIpc) is 3.48. The number of halogens is 3. The summed E-state index contributed by atoms with van der Waals surface area (Å²) in [6.07, 6.45) is 4.47. The normalized spacial score (nSPS) is 15.8. The monoisotopic (exact) mass is 495 g/mol. The number of benzene rings is 2. The highest BCUT2D eigenvalue weighted by atomic mass is 19.4. The van der Waals surface area contributed by atoms with Gasteiger partial charge >= 0.3 is 6.36 Å². The molecule has 0 saturated carbocycles. The van der Waals surface area contributed by atoms with Gasteiger partial charge in [-0.05, 0) is 61.2 Å². The molecule has 0 aliphatic carbocycles. The van der Waals surface area contributed by atoms with Crippen molar-refractivity contribution in [1.82, 2.24) is 24.3 Å². The molecule has 4 aromatic rings. The van der Waals surface area contributed by atoms with Crippen molar-refractivity contribution < 1.29 is 22.6 Å². The molecule has 0 fully saturated rings. The van der Waals surface area contributed by atoms with E-state index in [4.69, 9.17) is 9.72 Å². The fourth-order valence-corrected chi connectivity index (χ4v) is 4.39. The summed E-state index contributed by atoms with van der Waals surface area (Å²) in [7, 11) is 1.63. The number of aryl methyl sites for hydroxylation is 2. The van der Waals surface area contributed by atoms with Crippen molar-refractivity contribution in [2.45, 2.75) is 38.6 Å². The van der Waals surface area contributed by atoms with Crippen LogP contribution in [0.25, 0.3) is 17.8 Å². The Labute approximate surface area is 205 Å². The molecule has 7 nitrogen and oxygen atoms in total. The summed E-state index contributed by atoms with van der Waals surface area (Å²) in [5.41, 5.74) is 3.61. The lowest BCUT2D eigenvalue weighted by atomic mass is 9.91. The Morgan fingerprint density at radius 2 is 1.89 bits per heavy atom. The van der Waals surface area contributed by atoms with Crippen molar-refractivity contribution in [3.8, 4) is 17.2 Å². The Balaban J connectivity index is 1.35. The van der Waals surface area contributed by atoms with Gasteiger partial charge in [0.2, 0.25) is 0 Å². The fourth-order valence-electron chi connectivity index (χ4n) is 4.39. The van der Waals surface area contributed by atoms with E-state index in [0.717, 1.165) is 47.7 Å². The topological polar surface area (TPSA) is 67.0 Å². The minimum atomic E-state index is -4.71. The number of imidazole rings is 1. The average molecular weight is 496 g/mol. The Kier molecular flexibility index (Phi) is 6.26. The van der Waals surface area contributed by atoms with Crippen molar-refractivity contribution in [1.29, 1.82) is 0 Å². The Morgan fingerprint density at radius 1 is 1.08 bits per heavy atom. The van der Waals surface area contributed by atoms with Crippen molar-refractivity contribution in [2.75, 3.05) is 7.11 Å². The Morgan fingerprint density at radius 3 is 2.58 bits per heavy atom.